The topological polar surface area (TPSA) is 53.4 Å². The van der Waals surface area contributed by atoms with Gasteiger partial charge in [0, 0.05) is 29.0 Å². The van der Waals surface area contributed by atoms with E-state index in [1.807, 2.05) is 60.5 Å². The summed E-state index contributed by atoms with van der Waals surface area (Å²) in [6.07, 6.45) is 1.23. The van der Waals surface area contributed by atoms with Crippen molar-refractivity contribution >= 4 is 28.1 Å². The maximum absolute atomic E-state index is 13.2. The lowest BCUT2D eigenvalue weighted by atomic mass is 9.90. The zero-order valence-electron chi connectivity index (χ0n) is 15.7. The van der Waals surface area contributed by atoms with Crippen LogP contribution in [-0.4, -0.2) is 34.0 Å². The Kier molecular flexibility index (Phi) is 4.98. The van der Waals surface area contributed by atoms with Gasteiger partial charge in [0.2, 0.25) is 0 Å². The number of hydrogen-bond acceptors (Lipinski definition) is 4. The van der Waals surface area contributed by atoms with Crippen LogP contribution in [0.5, 0.6) is 0 Å². The van der Waals surface area contributed by atoms with Crippen LogP contribution in [0.4, 0.5) is 0 Å². The van der Waals surface area contributed by atoms with Crippen LogP contribution in [0.2, 0.25) is 0 Å². The van der Waals surface area contributed by atoms with Crippen molar-refractivity contribution in [3.8, 4) is 0 Å². The third-order valence-corrected chi connectivity index (χ3v) is 6.45. The molecule has 3 aromatic rings. The summed E-state index contributed by atoms with van der Waals surface area (Å²) < 4.78 is 0. The molecule has 1 amide bonds. The second-order valence-electron chi connectivity index (χ2n) is 7.37. The van der Waals surface area contributed by atoms with Crippen LogP contribution < -0.4 is 0 Å². The summed E-state index contributed by atoms with van der Waals surface area (Å²) in [5.74, 6) is 0.283. The van der Waals surface area contributed by atoms with E-state index in [0.717, 1.165) is 45.4 Å². The average molecular weight is 381 g/mol. The molecule has 1 aliphatic heterocycles. The number of carbonyl (C=O) groups excluding carboxylic acids is 1. The predicted molar refractivity (Wildman–Crippen MR) is 109 cm³/mol. The van der Waals surface area contributed by atoms with Crippen molar-refractivity contribution in [1.29, 1.82) is 0 Å². The van der Waals surface area contributed by atoms with Gasteiger partial charge in [0.15, 0.2) is 0 Å². The molecule has 3 heterocycles. The molecule has 1 aromatic carbocycles. The van der Waals surface area contributed by atoms with E-state index in [1.54, 1.807) is 11.3 Å². The molecule has 1 N–H and O–H groups in total. The van der Waals surface area contributed by atoms with Gasteiger partial charge in [0.1, 0.15) is 0 Å². The highest BCUT2D eigenvalue weighted by molar-refractivity contribution is 7.10. The molecule has 2 aromatic heterocycles. The molecule has 1 unspecified atom stereocenters. The largest absolute Gasteiger partial charge is 0.387 e. The van der Waals surface area contributed by atoms with Gasteiger partial charge in [-0.05, 0) is 55.7 Å². The van der Waals surface area contributed by atoms with Gasteiger partial charge in [-0.2, -0.15) is 0 Å². The zero-order chi connectivity index (χ0) is 19.0. The molecule has 4 rings (SSSR count). The first-order valence-electron chi connectivity index (χ1n) is 9.42. The number of aliphatic hydroxyl groups excluding tert-OH is 1. The Morgan fingerprint density at radius 1 is 1.22 bits per heavy atom. The summed E-state index contributed by atoms with van der Waals surface area (Å²) in [6, 6.07) is 11.9. The Bertz CT molecular complexity index is 960. The Balaban J connectivity index is 1.53. The standard InChI is InChI=1S/C22H24N2O2S/c1-14-5-3-6-17-18(13-15(2)23-20(14)17)22(26)24-10-8-16(9-11-24)21(25)19-7-4-12-27-19/h3-7,12-13,16,21,25H,8-11H2,1-2H3. The molecular weight excluding hydrogens is 356 g/mol. The maximum Gasteiger partial charge on any atom is 0.254 e. The summed E-state index contributed by atoms with van der Waals surface area (Å²) >= 11 is 1.60. The number of fused-ring (bicyclic) bond motifs is 1. The van der Waals surface area contributed by atoms with Gasteiger partial charge in [-0.1, -0.05) is 24.3 Å². The third-order valence-electron chi connectivity index (χ3n) is 5.51. The lowest BCUT2D eigenvalue weighted by molar-refractivity contribution is 0.0475. The first-order valence-corrected chi connectivity index (χ1v) is 10.3. The lowest BCUT2D eigenvalue weighted by Crippen LogP contribution is -2.39. The lowest BCUT2D eigenvalue weighted by Gasteiger charge is -2.34. The van der Waals surface area contributed by atoms with Gasteiger partial charge < -0.3 is 10.0 Å². The van der Waals surface area contributed by atoms with E-state index < -0.39 is 6.10 Å². The van der Waals surface area contributed by atoms with Crippen molar-refractivity contribution in [2.24, 2.45) is 5.92 Å². The van der Waals surface area contributed by atoms with Crippen LogP contribution in [-0.2, 0) is 0 Å². The van der Waals surface area contributed by atoms with Crippen LogP contribution in [0.15, 0.2) is 41.8 Å². The molecule has 1 aliphatic rings. The van der Waals surface area contributed by atoms with Gasteiger partial charge in [-0.3, -0.25) is 9.78 Å². The van der Waals surface area contributed by atoms with E-state index in [-0.39, 0.29) is 11.8 Å². The van der Waals surface area contributed by atoms with Crippen molar-refractivity contribution in [2.75, 3.05) is 13.1 Å². The smallest absolute Gasteiger partial charge is 0.254 e. The molecular formula is C22H24N2O2S. The molecule has 1 saturated heterocycles. The number of piperidine rings is 1. The number of nitrogens with zero attached hydrogens (tertiary/aromatic N) is 2. The monoisotopic (exact) mass is 380 g/mol. The Labute approximate surface area is 163 Å². The average Bonchev–Trinajstić information content (AvgIpc) is 3.22. The normalized spacial score (nSPS) is 16.6. The number of aromatic nitrogens is 1. The van der Waals surface area contributed by atoms with E-state index in [0.29, 0.717) is 13.1 Å². The predicted octanol–water partition coefficient (Wildman–Crippen LogP) is 4.50. The van der Waals surface area contributed by atoms with E-state index in [2.05, 4.69) is 4.98 Å². The van der Waals surface area contributed by atoms with Crippen LogP contribution in [0.25, 0.3) is 10.9 Å². The minimum atomic E-state index is -0.422. The molecule has 1 fully saturated rings. The van der Waals surface area contributed by atoms with Crippen molar-refractivity contribution in [2.45, 2.75) is 32.8 Å². The fourth-order valence-corrected chi connectivity index (χ4v) is 4.78. The molecule has 140 valence electrons. The second-order valence-corrected chi connectivity index (χ2v) is 8.35. The number of hydrogen-bond donors (Lipinski definition) is 1. The van der Waals surface area contributed by atoms with E-state index in [1.165, 1.54) is 0 Å². The van der Waals surface area contributed by atoms with Gasteiger partial charge in [-0.15, -0.1) is 11.3 Å². The van der Waals surface area contributed by atoms with Crippen molar-refractivity contribution in [1.82, 2.24) is 9.88 Å². The number of aliphatic hydroxyl groups is 1. The number of carbonyl (C=O) groups is 1. The van der Waals surface area contributed by atoms with Crippen molar-refractivity contribution in [3.63, 3.8) is 0 Å². The minimum Gasteiger partial charge on any atom is -0.387 e. The quantitative estimate of drug-likeness (QED) is 0.728. The van der Waals surface area contributed by atoms with Crippen molar-refractivity contribution < 1.29 is 9.90 Å². The molecule has 5 heteroatoms. The molecule has 0 radical (unpaired) electrons. The highest BCUT2D eigenvalue weighted by atomic mass is 32.1. The van der Waals surface area contributed by atoms with Crippen LogP contribution in [0.3, 0.4) is 0 Å². The first-order chi connectivity index (χ1) is 13.0. The number of pyridine rings is 1. The summed E-state index contributed by atoms with van der Waals surface area (Å²) in [5, 5.41) is 13.5. The maximum atomic E-state index is 13.2. The number of rotatable bonds is 3. The molecule has 4 nitrogen and oxygen atoms in total. The van der Waals surface area contributed by atoms with E-state index in [4.69, 9.17) is 0 Å². The number of benzene rings is 1. The van der Waals surface area contributed by atoms with Gasteiger partial charge in [0.25, 0.3) is 5.91 Å². The number of para-hydroxylation sites is 1. The molecule has 27 heavy (non-hydrogen) atoms. The van der Waals surface area contributed by atoms with Gasteiger partial charge >= 0.3 is 0 Å². The summed E-state index contributed by atoms with van der Waals surface area (Å²) in [5.41, 5.74) is 3.59. The second kappa shape index (κ2) is 7.41. The molecule has 0 spiro atoms. The fraction of sp³-hybridized carbons (Fsp3) is 0.364. The molecule has 0 aliphatic carbocycles. The van der Waals surface area contributed by atoms with Gasteiger partial charge in [-0.25, -0.2) is 0 Å². The van der Waals surface area contributed by atoms with Crippen LogP contribution >= 0.6 is 11.3 Å². The Morgan fingerprint density at radius 2 is 2.00 bits per heavy atom. The Morgan fingerprint density at radius 3 is 2.70 bits per heavy atom. The zero-order valence-corrected chi connectivity index (χ0v) is 16.5. The Hall–Kier alpha value is -2.24. The van der Waals surface area contributed by atoms with Crippen LogP contribution in [0, 0.1) is 19.8 Å². The SMILES string of the molecule is Cc1cc(C(=O)N2CCC(C(O)c3cccs3)CC2)c2cccc(C)c2n1. The third kappa shape index (κ3) is 3.49. The molecule has 0 bridgehead atoms. The van der Waals surface area contributed by atoms with Crippen molar-refractivity contribution in [3.05, 3.63) is 63.5 Å². The highest BCUT2D eigenvalue weighted by Crippen LogP contribution is 2.33. The van der Waals surface area contributed by atoms with E-state index in [9.17, 15) is 9.90 Å². The minimum absolute atomic E-state index is 0.0696. The number of aryl methyl sites for hydroxylation is 2. The first kappa shape index (κ1) is 18.1. The highest BCUT2D eigenvalue weighted by Gasteiger charge is 2.29. The molecule has 1 atom stereocenters. The number of amides is 1. The number of likely N-dealkylation sites (tertiary alicyclic amines) is 1. The summed E-state index contributed by atoms with van der Waals surface area (Å²) in [4.78, 5) is 20.8. The van der Waals surface area contributed by atoms with E-state index >= 15 is 0 Å². The molecule has 0 saturated carbocycles. The van der Waals surface area contributed by atoms with Crippen LogP contribution in [0.1, 0.15) is 45.4 Å². The van der Waals surface area contributed by atoms with Gasteiger partial charge in [0.05, 0.1) is 17.2 Å². The summed E-state index contributed by atoms with van der Waals surface area (Å²) in [6.45, 7) is 5.33. The summed E-state index contributed by atoms with van der Waals surface area (Å²) in [7, 11) is 0. The fourth-order valence-electron chi connectivity index (χ4n) is 3.98. The number of thiophene rings is 1.